The first-order valence-corrected chi connectivity index (χ1v) is 7.95. The van der Waals surface area contributed by atoms with Gasteiger partial charge in [-0.3, -0.25) is 0 Å². The molecule has 1 unspecified atom stereocenters. The summed E-state index contributed by atoms with van der Waals surface area (Å²) >= 11 is 0. The van der Waals surface area contributed by atoms with Gasteiger partial charge in [-0.15, -0.1) is 12.4 Å². The van der Waals surface area contributed by atoms with Crippen LogP contribution < -0.4 is 15.8 Å². The van der Waals surface area contributed by atoms with E-state index in [0.29, 0.717) is 17.7 Å². The molecule has 1 aliphatic rings. The molecule has 0 saturated heterocycles. The molecule has 3 rings (SSSR count). The quantitative estimate of drug-likeness (QED) is 0.816. The molecule has 1 atom stereocenters. The summed E-state index contributed by atoms with van der Waals surface area (Å²) in [4.78, 5) is 0. The van der Waals surface area contributed by atoms with Gasteiger partial charge in [-0.25, -0.2) is 8.78 Å². The number of halogens is 3. The molecular formula is C19H21ClF2N2O. The summed E-state index contributed by atoms with van der Waals surface area (Å²) in [6.45, 7) is 0.291. The van der Waals surface area contributed by atoms with Crippen LogP contribution in [0.3, 0.4) is 0 Å². The second-order valence-corrected chi connectivity index (χ2v) is 5.87. The van der Waals surface area contributed by atoms with Crippen LogP contribution in [0.2, 0.25) is 0 Å². The summed E-state index contributed by atoms with van der Waals surface area (Å²) in [7, 11) is 0. The van der Waals surface area contributed by atoms with Crippen molar-refractivity contribution in [2.45, 2.75) is 18.9 Å². The van der Waals surface area contributed by atoms with E-state index in [4.69, 9.17) is 10.5 Å². The van der Waals surface area contributed by atoms with Crippen LogP contribution in [0.5, 0.6) is 5.75 Å². The average molecular weight is 367 g/mol. The van der Waals surface area contributed by atoms with E-state index in [9.17, 15) is 8.78 Å². The Hall–Kier alpha value is -2.11. The first-order chi connectivity index (χ1) is 11.7. The van der Waals surface area contributed by atoms with Gasteiger partial charge in [-0.2, -0.15) is 0 Å². The molecule has 0 radical (unpaired) electrons. The Morgan fingerprint density at radius 2 is 2.00 bits per heavy atom. The molecule has 25 heavy (non-hydrogen) atoms. The van der Waals surface area contributed by atoms with Crippen molar-refractivity contribution in [3.8, 4) is 5.75 Å². The molecule has 2 aromatic rings. The van der Waals surface area contributed by atoms with Crippen LogP contribution >= 0.6 is 12.4 Å². The molecule has 1 aliphatic heterocycles. The van der Waals surface area contributed by atoms with Crippen molar-refractivity contribution in [2.75, 3.05) is 18.5 Å². The van der Waals surface area contributed by atoms with Crippen LogP contribution in [0, 0.1) is 5.82 Å². The van der Waals surface area contributed by atoms with E-state index in [-0.39, 0.29) is 37.4 Å². The summed E-state index contributed by atoms with van der Waals surface area (Å²) < 4.78 is 31.1. The van der Waals surface area contributed by atoms with Gasteiger partial charge in [0.25, 0.3) is 0 Å². The van der Waals surface area contributed by atoms with E-state index in [2.05, 4.69) is 5.32 Å². The van der Waals surface area contributed by atoms with E-state index in [1.54, 1.807) is 0 Å². The minimum Gasteiger partial charge on any atom is -0.489 e. The number of rotatable bonds is 5. The van der Waals surface area contributed by atoms with Gasteiger partial charge in [0.2, 0.25) is 0 Å². The van der Waals surface area contributed by atoms with Crippen molar-refractivity contribution < 1.29 is 13.5 Å². The number of aryl methyl sites for hydroxylation is 1. The standard InChI is InChI=1S/C19H20F2N2O.ClH/c20-10-13(11-22)12-24-17-6-8-19-15(9-17)3-7-18(23-19)14-1-4-16(21)5-2-14;/h1-2,4-6,8-10,18,23H,3,7,11-12,22H2;1H/b13-10+;. The fourth-order valence-electron chi connectivity index (χ4n) is 2.82. The Labute approximate surface area is 152 Å². The highest BCUT2D eigenvalue weighted by molar-refractivity contribution is 5.85. The van der Waals surface area contributed by atoms with Gasteiger partial charge in [0.15, 0.2) is 0 Å². The van der Waals surface area contributed by atoms with Gasteiger partial charge in [0.05, 0.1) is 12.4 Å². The maximum absolute atomic E-state index is 13.0. The fourth-order valence-corrected chi connectivity index (χ4v) is 2.82. The normalized spacial score (nSPS) is 16.4. The lowest BCUT2D eigenvalue weighted by molar-refractivity contribution is 0.347. The molecule has 0 bridgehead atoms. The van der Waals surface area contributed by atoms with Crippen molar-refractivity contribution in [3.05, 3.63) is 71.3 Å². The number of fused-ring (bicyclic) bond motifs is 1. The number of ether oxygens (including phenoxy) is 1. The van der Waals surface area contributed by atoms with Crippen molar-refractivity contribution in [1.82, 2.24) is 0 Å². The zero-order valence-electron chi connectivity index (χ0n) is 13.7. The maximum atomic E-state index is 13.0. The van der Waals surface area contributed by atoms with Crippen molar-refractivity contribution >= 4 is 18.1 Å². The third-order valence-electron chi connectivity index (χ3n) is 4.22. The second kappa shape index (κ2) is 8.83. The topological polar surface area (TPSA) is 47.3 Å². The zero-order valence-corrected chi connectivity index (χ0v) is 14.5. The fraction of sp³-hybridized carbons (Fsp3) is 0.263. The summed E-state index contributed by atoms with van der Waals surface area (Å²) in [6, 6.07) is 12.5. The predicted molar refractivity (Wildman–Crippen MR) is 98.5 cm³/mol. The third kappa shape index (κ3) is 4.71. The molecule has 0 fully saturated rings. The highest BCUT2D eigenvalue weighted by atomic mass is 35.5. The maximum Gasteiger partial charge on any atom is 0.123 e. The van der Waals surface area contributed by atoms with Crippen LogP contribution in [0.25, 0.3) is 0 Å². The average Bonchev–Trinajstić information content (AvgIpc) is 2.62. The first kappa shape index (κ1) is 19.2. The molecular weight excluding hydrogens is 346 g/mol. The minimum absolute atomic E-state index is 0. The Bertz CT molecular complexity index is 735. The van der Waals surface area contributed by atoms with Crippen LogP contribution in [0.4, 0.5) is 14.5 Å². The lowest BCUT2D eigenvalue weighted by Gasteiger charge is -2.28. The van der Waals surface area contributed by atoms with Crippen LogP contribution in [0.15, 0.2) is 54.4 Å². The molecule has 134 valence electrons. The molecule has 0 aromatic heterocycles. The minimum atomic E-state index is -0.226. The van der Waals surface area contributed by atoms with E-state index >= 15 is 0 Å². The number of anilines is 1. The van der Waals surface area contributed by atoms with Crippen LogP contribution in [0.1, 0.15) is 23.6 Å². The van der Waals surface area contributed by atoms with Crippen LogP contribution in [-0.4, -0.2) is 13.2 Å². The van der Waals surface area contributed by atoms with Gasteiger partial charge in [-0.1, -0.05) is 12.1 Å². The summed E-state index contributed by atoms with van der Waals surface area (Å²) in [6.07, 6.45) is 2.30. The van der Waals surface area contributed by atoms with Crippen molar-refractivity contribution in [3.63, 3.8) is 0 Å². The van der Waals surface area contributed by atoms with Gasteiger partial charge in [-0.05, 0) is 54.3 Å². The Kier molecular flexibility index (Phi) is 6.79. The van der Waals surface area contributed by atoms with E-state index in [0.717, 1.165) is 29.7 Å². The molecule has 0 spiro atoms. The molecule has 0 amide bonds. The molecule has 3 nitrogen and oxygen atoms in total. The smallest absolute Gasteiger partial charge is 0.123 e. The zero-order chi connectivity index (χ0) is 16.9. The Morgan fingerprint density at radius 3 is 2.68 bits per heavy atom. The molecule has 1 heterocycles. The number of hydrogen-bond acceptors (Lipinski definition) is 3. The van der Waals surface area contributed by atoms with Crippen molar-refractivity contribution in [2.24, 2.45) is 5.73 Å². The lowest BCUT2D eigenvalue weighted by Crippen LogP contribution is -2.18. The number of nitrogens with one attached hydrogen (secondary N) is 1. The third-order valence-corrected chi connectivity index (χ3v) is 4.22. The van der Waals surface area contributed by atoms with Crippen molar-refractivity contribution in [1.29, 1.82) is 0 Å². The van der Waals surface area contributed by atoms with E-state index in [1.165, 1.54) is 12.1 Å². The Balaban J connectivity index is 0.00000225. The predicted octanol–water partition coefficient (Wildman–Crippen LogP) is 4.54. The monoisotopic (exact) mass is 366 g/mol. The molecule has 3 N–H and O–H groups in total. The summed E-state index contributed by atoms with van der Waals surface area (Å²) in [5.41, 5.74) is 9.11. The SMILES string of the molecule is Cl.NC/C(=C\F)COc1ccc2c(c1)CCC(c1ccc(F)cc1)N2. The van der Waals surface area contributed by atoms with Gasteiger partial charge in [0.1, 0.15) is 18.2 Å². The van der Waals surface area contributed by atoms with E-state index < -0.39 is 0 Å². The summed E-state index contributed by atoms with van der Waals surface area (Å²) in [5.74, 6) is 0.472. The number of benzene rings is 2. The highest BCUT2D eigenvalue weighted by Gasteiger charge is 2.19. The second-order valence-electron chi connectivity index (χ2n) is 5.87. The largest absolute Gasteiger partial charge is 0.489 e. The number of hydrogen-bond donors (Lipinski definition) is 2. The van der Waals surface area contributed by atoms with Gasteiger partial charge in [0, 0.05) is 17.8 Å². The molecule has 0 saturated carbocycles. The van der Waals surface area contributed by atoms with E-state index in [1.807, 2.05) is 30.3 Å². The highest BCUT2D eigenvalue weighted by Crippen LogP contribution is 2.34. The Morgan fingerprint density at radius 1 is 1.24 bits per heavy atom. The lowest BCUT2D eigenvalue weighted by atomic mass is 9.93. The first-order valence-electron chi connectivity index (χ1n) is 7.95. The van der Waals surface area contributed by atoms with Crippen LogP contribution in [-0.2, 0) is 6.42 Å². The molecule has 2 aromatic carbocycles. The molecule has 0 aliphatic carbocycles. The number of nitrogens with two attached hydrogens (primary N) is 1. The molecule has 6 heteroatoms. The summed E-state index contributed by atoms with van der Waals surface area (Å²) in [5, 5.41) is 3.48. The van der Waals surface area contributed by atoms with Gasteiger partial charge < -0.3 is 15.8 Å². The van der Waals surface area contributed by atoms with Gasteiger partial charge >= 0.3 is 0 Å².